The van der Waals surface area contributed by atoms with Crippen molar-refractivity contribution < 1.29 is 14.3 Å². The summed E-state index contributed by atoms with van der Waals surface area (Å²) in [5.74, 6) is -0.454. The molecule has 1 aliphatic rings. The van der Waals surface area contributed by atoms with E-state index < -0.39 is 0 Å². The van der Waals surface area contributed by atoms with Crippen LogP contribution in [-0.4, -0.2) is 74.1 Å². The molecular weight excluding hydrogens is 306 g/mol. The van der Waals surface area contributed by atoms with Gasteiger partial charge in [-0.25, -0.2) is 0 Å². The average Bonchev–Trinajstić information content (AvgIpc) is 2.61. The van der Waals surface area contributed by atoms with Crippen LogP contribution in [0.5, 0.6) is 0 Å². The zero-order valence-corrected chi connectivity index (χ0v) is 14.6. The number of hydrogen-bond acceptors (Lipinski definition) is 5. The number of anilines is 1. The van der Waals surface area contributed by atoms with Crippen molar-refractivity contribution in [2.75, 3.05) is 57.3 Å². The van der Waals surface area contributed by atoms with Gasteiger partial charge in [-0.1, -0.05) is 25.1 Å². The number of esters is 1. The number of piperazine rings is 1. The fourth-order valence-corrected chi connectivity index (χ4v) is 2.81. The van der Waals surface area contributed by atoms with Crippen molar-refractivity contribution >= 4 is 17.6 Å². The number of carbonyl (C=O) groups excluding carboxylic acids is 2. The number of rotatable bonds is 7. The third kappa shape index (κ3) is 5.32. The molecule has 1 aliphatic heterocycles. The molecule has 6 heteroatoms. The van der Waals surface area contributed by atoms with E-state index in [4.69, 9.17) is 4.74 Å². The maximum Gasteiger partial charge on any atom is 0.326 e. The first kappa shape index (κ1) is 18.4. The Morgan fingerprint density at radius 1 is 1.04 bits per heavy atom. The zero-order valence-electron chi connectivity index (χ0n) is 14.6. The highest BCUT2D eigenvalue weighted by atomic mass is 16.5. The van der Waals surface area contributed by atoms with E-state index in [2.05, 4.69) is 16.7 Å². The third-order valence-electron chi connectivity index (χ3n) is 4.23. The molecule has 6 nitrogen and oxygen atoms in total. The summed E-state index contributed by atoms with van der Waals surface area (Å²) < 4.78 is 5.01. The lowest BCUT2D eigenvalue weighted by atomic mass is 10.2. The van der Waals surface area contributed by atoms with Gasteiger partial charge in [0.1, 0.15) is 6.54 Å². The lowest BCUT2D eigenvalue weighted by Gasteiger charge is -2.34. The molecule has 1 saturated heterocycles. The highest BCUT2D eigenvalue weighted by Crippen LogP contribution is 2.14. The number of amides is 1. The van der Waals surface area contributed by atoms with Gasteiger partial charge in [-0.05, 0) is 25.6 Å². The quantitative estimate of drug-likeness (QED) is 0.702. The predicted molar refractivity (Wildman–Crippen MR) is 94.0 cm³/mol. The summed E-state index contributed by atoms with van der Waals surface area (Å²) in [5, 5.41) is 0. The molecule has 132 valence electrons. The molecule has 0 aliphatic carbocycles. The second kappa shape index (κ2) is 9.39. The number of likely N-dealkylation sites (N-methyl/N-ethyl adjacent to an activating group) is 1. The normalized spacial score (nSPS) is 15.9. The highest BCUT2D eigenvalue weighted by Gasteiger charge is 2.24. The summed E-state index contributed by atoms with van der Waals surface area (Å²) in [4.78, 5) is 30.7. The van der Waals surface area contributed by atoms with E-state index in [1.54, 1.807) is 6.92 Å². The Labute approximate surface area is 144 Å². The lowest BCUT2D eigenvalue weighted by Crippen LogP contribution is -2.50. The third-order valence-corrected chi connectivity index (χ3v) is 4.23. The van der Waals surface area contributed by atoms with Gasteiger partial charge in [0.2, 0.25) is 5.91 Å². The molecule has 1 heterocycles. The standard InChI is InChI=1S/C18H27N3O3/c1-3-19-10-12-20(13-11-19)14-17(22)21(15-18(23)24-4-2)16-8-6-5-7-9-16/h5-9H,3-4,10-15H2,1-2H3. The summed E-state index contributed by atoms with van der Waals surface area (Å²) in [5.41, 5.74) is 0.725. The minimum atomic E-state index is -0.384. The second-order valence-electron chi connectivity index (χ2n) is 5.83. The summed E-state index contributed by atoms with van der Waals surface area (Å²) in [6.07, 6.45) is 0. The van der Waals surface area contributed by atoms with Crippen molar-refractivity contribution in [1.82, 2.24) is 9.80 Å². The van der Waals surface area contributed by atoms with Crippen LogP contribution in [0.2, 0.25) is 0 Å². The maximum absolute atomic E-state index is 12.8. The first-order chi connectivity index (χ1) is 11.6. The minimum Gasteiger partial charge on any atom is -0.465 e. The number of nitrogens with zero attached hydrogens (tertiary/aromatic N) is 3. The summed E-state index contributed by atoms with van der Waals surface area (Å²) in [6.45, 7) is 9.26. The lowest BCUT2D eigenvalue weighted by molar-refractivity contribution is -0.142. The molecule has 0 atom stereocenters. The van der Waals surface area contributed by atoms with Gasteiger partial charge in [0.25, 0.3) is 0 Å². The van der Waals surface area contributed by atoms with Gasteiger partial charge < -0.3 is 14.5 Å². The van der Waals surface area contributed by atoms with Crippen LogP contribution in [0.15, 0.2) is 30.3 Å². The summed E-state index contributed by atoms with van der Waals surface area (Å²) in [7, 11) is 0. The molecule has 1 amide bonds. The van der Waals surface area contributed by atoms with E-state index in [1.807, 2.05) is 30.3 Å². The molecule has 0 unspecified atom stereocenters. The van der Waals surface area contributed by atoms with Crippen LogP contribution in [0, 0.1) is 0 Å². The van der Waals surface area contributed by atoms with E-state index in [0.29, 0.717) is 13.2 Å². The Kier molecular flexibility index (Phi) is 7.21. The number of carbonyl (C=O) groups is 2. The van der Waals surface area contributed by atoms with Crippen LogP contribution in [0.1, 0.15) is 13.8 Å². The van der Waals surface area contributed by atoms with Crippen molar-refractivity contribution in [3.05, 3.63) is 30.3 Å². The Hall–Kier alpha value is -1.92. The Morgan fingerprint density at radius 3 is 2.25 bits per heavy atom. The van der Waals surface area contributed by atoms with Gasteiger partial charge in [-0.2, -0.15) is 0 Å². The Bertz CT molecular complexity index is 528. The molecule has 0 bridgehead atoms. The second-order valence-corrected chi connectivity index (χ2v) is 5.83. The Balaban J connectivity index is 2.00. The fourth-order valence-electron chi connectivity index (χ4n) is 2.81. The molecule has 0 spiro atoms. The summed E-state index contributed by atoms with van der Waals surface area (Å²) >= 11 is 0. The monoisotopic (exact) mass is 333 g/mol. The van der Waals surface area contributed by atoms with Gasteiger partial charge in [0.15, 0.2) is 0 Å². The molecule has 1 aromatic carbocycles. The van der Waals surface area contributed by atoms with Crippen LogP contribution in [0.3, 0.4) is 0 Å². The molecule has 0 saturated carbocycles. The van der Waals surface area contributed by atoms with Crippen molar-refractivity contribution in [2.45, 2.75) is 13.8 Å². The van der Waals surface area contributed by atoms with Crippen LogP contribution >= 0.6 is 0 Å². The SMILES string of the molecule is CCOC(=O)CN(C(=O)CN1CCN(CC)CC1)c1ccccc1. The fraction of sp³-hybridized carbons (Fsp3) is 0.556. The van der Waals surface area contributed by atoms with Gasteiger partial charge in [0, 0.05) is 31.9 Å². The molecule has 0 radical (unpaired) electrons. The largest absolute Gasteiger partial charge is 0.465 e. The van der Waals surface area contributed by atoms with Gasteiger partial charge in [-0.15, -0.1) is 0 Å². The van der Waals surface area contributed by atoms with E-state index in [9.17, 15) is 9.59 Å². The average molecular weight is 333 g/mol. The predicted octanol–water partition coefficient (Wildman–Crippen LogP) is 1.22. The highest BCUT2D eigenvalue weighted by molar-refractivity contribution is 5.98. The van der Waals surface area contributed by atoms with E-state index in [-0.39, 0.29) is 18.4 Å². The van der Waals surface area contributed by atoms with Crippen LogP contribution in [0.25, 0.3) is 0 Å². The van der Waals surface area contributed by atoms with Crippen molar-refractivity contribution in [3.8, 4) is 0 Å². The van der Waals surface area contributed by atoms with Crippen molar-refractivity contribution in [3.63, 3.8) is 0 Å². The topological polar surface area (TPSA) is 53.1 Å². The van der Waals surface area contributed by atoms with Crippen molar-refractivity contribution in [2.24, 2.45) is 0 Å². The number of ether oxygens (including phenoxy) is 1. The summed E-state index contributed by atoms with van der Waals surface area (Å²) in [6, 6.07) is 9.29. The molecule has 1 aromatic rings. The van der Waals surface area contributed by atoms with E-state index in [1.165, 1.54) is 4.90 Å². The smallest absolute Gasteiger partial charge is 0.326 e. The molecule has 1 fully saturated rings. The molecule has 2 rings (SSSR count). The van der Waals surface area contributed by atoms with E-state index in [0.717, 1.165) is 38.4 Å². The van der Waals surface area contributed by atoms with E-state index >= 15 is 0 Å². The molecule has 24 heavy (non-hydrogen) atoms. The number of para-hydroxylation sites is 1. The first-order valence-corrected chi connectivity index (χ1v) is 8.59. The van der Waals surface area contributed by atoms with Crippen LogP contribution < -0.4 is 4.90 Å². The molecular formula is C18H27N3O3. The number of hydrogen-bond donors (Lipinski definition) is 0. The molecule has 0 aromatic heterocycles. The molecule has 0 N–H and O–H groups in total. The first-order valence-electron chi connectivity index (χ1n) is 8.59. The van der Waals surface area contributed by atoms with Crippen molar-refractivity contribution in [1.29, 1.82) is 0 Å². The maximum atomic E-state index is 12.8. The van der Waals surface area contributed by atoms with Crippen LogP contribution in [-0.2, 0) is 14.3 Å². The zero-order chi connectivity index (χ0) is 17.4. The minimum absolute atomic E-state index is 0.0500. The van der Waals surface area contributed by atoms with Gasteiger partial charge in [-0.3, -0.25) is 14.5 Å². The van der Waals surface area contributed by atoms with Gasteiger partial charge in [0.05, 0.1) is 13.2 Å². The Morgan fingerprint density at radius 2 is 1.67 bits per heavy atom. The van der Waals surface area contributed by atoms with Crippen LogP contribution in [0.4, 0.5) is 5.69 Å². The number of benzene rings is 1. The van der Waals surface area contributed by atoms with Gasteiger partial charge >= 0.3 is 5.97 Å².